The predicted octanol–water partition coefficient (Wildman–Crippen LogP) is -0.277. The minimum Gasteiger partial charge on any atom is -0.480 e. The Balaban J connectivity index is 2.23. The Kier molecular flexibility index (Phi) is 3.66. The maximum absolute atomic E-state index is 11.0. The molecule has 0 aliphatic carbocycles. The summed E-state index contributed by atoms with van der Waals surface area (Å²) < 4.78 is 0. The van der Waals surface area contributed by atoms with Gasteiger partial charge in [0.1, 0.15) is 6.04 Å². The van der Waals surface area contributed by atoms with Crippen molar-refractivity contribution in [3.63, 3.8) is 0 Å². The second kappa shape index (κ2) is 5.22. The number of H-pyrrole nitrogens is 1. The van der Waals surface area contributed by atoms with Gasteiger partial charge in [-0.1, -0.05) is 18.2 Å². The number of aliphatic carboxylic acids is 1. The van der Waals surface area contributed by atoms with E-state index in [1.807, 2.05) is 24.3 Å². The molecule has 1 heterocycles. The number of carboxylic acid groups (broad SMARTS) is 1. The van der Waals surface area contributed by atoms with Gasteiger partial charge in [0.2, 0.25) is 0 Å². The Bertz CT molecular complexity index is 555. The maximum Gasteiger partial charge on any atom is 0.549 e. The zero-order valence-corrected chi connectivity index (χ0v) is 9.50. The summed E-state index contributed by atoms with van der Waals surface area (Å²) in [7, 11) is -1.85. The number of rotatable bonds is 5. The van der Waals surface area contributed by atoms with Crippen molar-refractivity contribution in [1.29, 1.82) is 0 Å². The zero-order chi connectivity index (χ0) is 13.1. The van der Waals surface area contributed by atoms with E-state index in [4.69, 9.17) is 15.2 Å². The summed E-state index contributed by atoms with van der Waals surface area (Å²) >= 11 is 0. The van der Waals surface area contributed by atoms with Gasteiger partial charge in [-0.2, -0.15) is 0 Å². The van der Waals surface area contributed by atoms with Crippen LogP contribution < -0.4 is 5.23 Å². The molecule has 1 aromatic carbocycles. The molecule has 7 heteroatoms. The van der Waals surface area contributed by atoms with Crippen LogP contribution in [0.2, 0.25) is 0 Å². The number of fused-ring (bicyclic) bond motifs is 1. The molecule has 18 heavy (non-hydrogen) atoms. The van der Waals surface area contributed by atoms with Crippen LogP contribution in [0, 0.1) is 0 Å². The Morgan fingerprint density at radius 2 is 2.11 bits per heavy atom. The maximum atomic E-state index is 11.0. The summed E-state index contributed by atoms with van der Waals surface area (Å²) in [4.78, 5) is 14.0. The molecule has 0 aliphatic rings. The number of aromatic nitrogens is 1. The Morgan fingerprint density at radius 3 is 2.78 bits per heavy atom. The molecule has 5 N–H and O–H groups in total. The smallest absolute Gasteiger partial charge is 0.480 e. The largest absolute Gasteiger partial charge is 0.549 e. The number of aromatic amines is 1. The highest BCUT2D eigenvalue weighted by Gasteiger charge is 2.23. The highest BCUT2D eigenvalue weighted by molar-refractivity contribution is 6.38. The van der Waals surface area contributed by atoms with E-state index in [2.05, 4.69) is 10.2 Å². The van der Waals surface area contributed by atoms with Crippen molar-refractivity contribution < 1.29 is 19.9 Å². The second-order valence-electron chi connectivity index (χ2n) is 3.99. The van der Waals surface area contributed by atoms with E-state index < -0.39 is 19.3 Å². The lowest BCUT2D eigenvalue weighted by atomic mass is 10.0. The van der Waals surface area contributed by atoms with E-state index in [0.717, 1.165) is 16.5 Å². The fourth-order valence-electron chi connectivity index (χ4n) is 1.92. The molecule has 0 saturated carbocycles. The van der Waals surface area contributed by atoms with E-state index in [-0.39, 0.29) is 6.42 Å². The highest BCUT2D eigenvalue weighted by Crippen LogP contribution is 2.19. The van der Waals surface area contributed by atoms with Gasteiger partial charge >= 0.3 is 13.2 Å². The molecule has 0 fully saturated rings. The van der Waals surface area contributed by atoms with Crippen molar-refractivity contribution in [3.8, 4) is 0 Å². The summed E-state index contributed by atoms with van der Waals surface area (Å²) in [5.41, 5.74) is 1.73. The van der Waals surface area contributed by atoms with Gasteiger partial charge in [0.05, 0.1) is 0 Å². The molecular formula is C11H13BN2O4. The van der Waals surface area contributed by atoms with Gasteiger partial charge in [-0.15, -0.1) is 0 Å². The number of hydrogen-bond donors (Lipinski definition) is 5. The van der Waals surface area contributed by atoms with Crippen molar-refractivity contribution in [2.24, 2.45) is 0 Å². The molecular weight excluding hydrogens is 235 g/mol. The lowest BCUT2D eigenvalue weighted by Gasteiger charge is -2.13. The fraction of sp³-hybridized carbons (Fsp3) is 0.182. The first kappa shape index (κ1) is 12.6. The fourth-order valence-corrected chi connectivity index (χ4v) is 1.92. The normalized spacial score (nSPS) is 12.6. The first-order valence-corrected chi connectivity index (χ1v) is 5.48. The van der Waals surface area contributed by atoms with Gasteiger partial charge in [0, 0.05) is 17.1 Å². The summed E-state index contributed by atoms with van der Waals surface area (Å²) in [6, 6.07) is 6.47. The summed E-state index contributed by atoms with van der Waals surface area (Å²) in [5, 5.41) is 29.7. The predicted molar refractivity (Wildman–Crippen MR) is 66.8 cm³/mol. The van der Waals surface area contributed by atoms with Crippen molar-refractivity contribution in [2.75, 3.05) is 0 Å². The third-order valence-electron chi connectivity index (χ3n) is 2.75. The Hall–Kier alpha value is -1.83. The number of carboxylic acids is 1. The van der Waals surface area contributed by atoms with Crippen LogP contribution in [-0.2, 0) is 11.2 Å². The topological polar surface area (TPSA) is 106 Å². The van der Waals surface area contributed by atoms with Crippen LogP contribution in [0.5, 0.6) is 0 Å². The molecule has 6 nitrogen and oxygen atoms in total. The molecule has 0 aliphatic heterocycles. The average molecular weight is 248 g/mol. The van der Waals surface area contributed by atoms with Crippen molar-refractivity contribution in [1.82, 2.24) is 10.2 Å². The summed E-state index contributed by atoms with van der Waals surface area (Å²) in [6.07, 6.45) is 1.89. The van der Waals surface area contributed by atoms with Crippen molar-refractivity contribution in [3.05, 3.63) is 36.0 Å². The second-order valence-corrected chi connectivity index (χ2v) is 3.99. The number of nitrogens with one attached hydrogen (secondary N) is 2. The van der Waals surface area contributed by atoms with Crippen LogP contribution >= 0.6 is 0 Å². The summed E-state index contributed by atoms with van der Waals surface area (Å²) in [5.74, 6) is -1.13. The number of carbonyl (C=O) groups is 1. The molecule has 0 bridgehead atoms. The summed E-state index contributed by atoms with van der Waals surface area (Å²) in [6.45, 7) is 0. The lowest BCUT2D eigenvalue weighted by Crippen LogP contribution is -2.47. The highest BCUT2D eigenvalue weighted by atomic mass is 16.4. The van der Waals surface area contributed by atoms with Crippen LogP contribution in [0.4, 0.5) is 0 Å². The number of benzene rings is 1. The lowest BCUT2D eigenvalue weighted by molar-refractivity contribution is -0.139. The molecule has 1 atom stereocenters. The van der Waals surface area contributed by atoms with Crippen molar-refractivity contribution in [2.45, 2.75) is 12.5 Å². The molecule has 0 spiro atoms. The van der Waals surface area contributed by atoms with Crippen LogP contribution in [0.25, 0.3) is 10.9 Å². The Morgan fingerprint density at radius 1 is 1.39 bits per heavy atom. The van der Waals surface area contributed by atoms with E-state index in [1.54, 1.807) is 6.20 Å². The SMILES string of the molecule is O=C(O)[C@H](Cc1c[nH]c2ccccc12)NB(O)O. The monoisotopic (exact) mass is 248 g/mol. The van der Waals surface area contributed by atoms with Gasteiger partial charge in [-0.05, 0) is 18.1 Å². The molecule has 2 rings (SSSR count). The van der Waals surface area contributed by atoms with E-state index in [1.165, 1.54) is 0 Å². The van der Waals surface area contributed by atoms with Crippen LogP contribution in [0.1, 0.15) is 5.56 Å². The molecule has 0 unspecified atom stereocenters. The van der Waals surface area contributed by atoms with E-state index >= 15 is 0 Å². The third-order valence-corrected chi connectivity index (χ3v) is 2.75. The molecule has 2 aromatic rings. The van der Waals surface area contributed by atoms with Gasteiger partial charge in [-0.25, -0.2) is 0 Å². The van der Waals surface area contributed by atoms with Gasteiger partial charge in [-0.3, -0.25) is 10.0 Å². The molecule has 0 saturated heterocycles. The quantitative estimate of drug-likeness (QED) is 0.468. The number of para-hydroxylation sites is 1. The van der Waals surface area contributed by atoms with Gasteiger partial charge in [0.25, 0.3) is 0 Å². The minimum absolute atomic E-state index is 0.164. The van der Waals surface area contributed by atoms with Crippen LogP contribution in [0.3, 0.4) is 0 Å². The zero-order valence-electron chi connectivity index (χ0n) is 9.50. The average Bonchev–Trinajstić information content (AvgIpc) is 2.71. The van der Waals surface area contributed by atoms with Crippen LogP contribution in [0.15, 0.2) is 30.5 Å². The molecule has 94 valence electrons. The molecule has 0 radical (unpaired) electrons. The van der Waals surface area contributed by atoms with E-state index in [0.29, 0.717) is 0 Å². The third kappa shape index (κ3) is 2.70. The van der Waals surface area contributed by atoms with E-state index in [9.17, 15) is 4.79 Å². The van der Waals surface area contributed by atoms with Crippen LogP contribution in [-0.4, -0.2) is 39.4 Å². The Labute approximate surface area is 103 Å². The van der Waals surface area contributed by atoms with Crippen molar-refractivity contribution >= 4 is 24.1 Å². The number of hydrogen-bond acceptors (Lipinski definition) is 4. The standard InChI is InChI=1S/C11H13BN2O4/c15-11(16)10(14-12(17)18)5-7-6-13-9-4-2-1-3-8(7)9/h1-4,6,10,13-14,17-18H,5H2,(H,15,16)/t10-/m0/s1. The van der Waals surface area contributed by atoms with Gasteiger partial charge in [0.15, 0.2) is 0 Å². The minimum atomic E-state index is -1.85. The molecule has 0 amide bonds. The van der Waals surface area contributed by atoms with Gasteiger partial charge < -0.3 is 20.1 Å². The molecule has 1 aromatic heterocycles. The first-order chi connectivity index (χ1) is 8.58. The first-order valence-electron chi connectivity index (χ1n) is 5.48.